The Morgan fingerprint density at radius 1 is 1.12 bits per heavy atom. The van der Waals surface area contributed by atoms with E-state index in [9.17, 15) is 5.11 Å². The summed E-state index contributed by atoms with van der Waals surface area (Å²) in [6.07, 6.45) is 8.11. The first-order valence-corrected chi connectivity index (χ1v) is 7.25. The standard InChI is InChI=1S/C15H27NO/c1-11(17)7-16-15-6-12-4-13(2,9-15)8-14(3,5-12)10-15/h11-12,16-17H,4-10H2,1-3H3. The van der Waals surface area contributed by atoms with Crippen molar-refractivity contribution in [1.29, 1.82) is 0 Å². The highest BCUT2D eigenvalue weighted by Gasteiger charge is 2.59. The van der Waals surface area contributed by atoms with Gasteiger partial charge >= 0.3 is 0 Å². The first-order valence-electron chi connectivity index (χ1n) is 7.25. The molecule has 0 aromatic carbocycles. The van der Waals surface area contributed by atoms with Gasteiger partial charge in [-0.3, -0.25) is 0 Å². The summed E-state index contributed by atoms with van der Waals surface area (Å²) in [6.45, 7) is 7.64. The van der Waals surface area contributed by atoms with Crippen molar-refractivity contribution in [3.63, 3.8) is 0 Å². The number of nitrogens with one attached hydrogen (secondary N) is 1. The number of aliphatic hydroxyl groups excluding tert-OH is 1. The molecule has 3 atom stereocenters. The fraction of sp³-hybridized carbons (Fsp3) is 1.00. The smallest absolute Gasteiger partial charge is 0.0636 e. The van der Waals surface area contributed by atoms with E-state index in [-0.39, 0.29) is 6.10 Å². The molecule has 17 heavy (non-hydrogen) atoms. The van der Waals surface area contributed by atoms with Crippen LogP contribution in [0.5, 0.6) is 0 Å². The van der Waals surface area contributed by atoms with Gasteiger partial charge < -0.3 is 10.4 Å². The lowest BCUT2D eigenvalue weighted by Gasteiger charge is -2.65. The van der Waals surface area contributed by atoms with Crippen LogP contribution >= 0.6 is 0 Å². The van der Waals surface area contributed by atoms with Crippen molar-refractivity contribution in [3.05, 3.63) is 0 Å². The van der Waals surface area contributed by atoms with E-state index in [4.69, 9.17) is 0 Å². The van der Waals surface area contributed by atoms with Crippen LogP contribution in [0.25, 0.3) is 0 Å². The minimum absolute atomic E-state index is 0.219. The molecule has 4 rings (SSSR count). The van der Waals surface area contributed by atoms with Crippen molar-refractivity contribution in [2.24, 2.45) is 16.7 Å². The summed E-state index contributed by atoms with van der Waals surface area (Å²) in [5.41, 5.74) is 1.49. The average Bonchev–Trinajstić information content (AvgIpc) is 2.08. The van der Waals surface area contributed by atoms with E-state index in [1.807, 2.05) is 6.92 Å². The summed E-state index contributed by atoms with van der Waals surface area (Å²) in [7, 11) is 0. The molecule has 0 saturated heterocycles. The fourth-order valence-electron chi connectivity index (χ4n) is 6.01. The lowest BCUT2D eigenvalue weighted by molar-refractivity contribution is -0.119. The summed E-state index contributed by atoms with van der Waals surface area (Å²) in [5, 5.41) is 13.2. The summed E-state index contributed by atoms with van der Waals surface area (Å²) in [6, 6.07) is 0. The molecule has 0 aliphatic heterocycles. The Morgan fingerprint density at radius 3 is 2.18 bits per heavy atom. The number of rotatable bonds is 3. The maximum atomic E-state index is 9.52. The highest BCUT2D eigenvalue weighted by atomic mass is 16.3. The maximum Gasteiger partial charge on any atom is 0.0636 e. The normalized spacial score (nSPS) is 54.0. The van der Waals surface area contributed by atoms with Crippen molar-refractivity contribution < 1.29 is 5.11 Å². The molecule has 0 spiro atoms. The first kappa shape index (κ1) is 12.0. The molecule has 3 unspecified atom stereocenters. The molecule has 4 bridgehead atoms. The van der Waals surface area contributed by atoms with Gasteiger partial charge in [-0.2, -0.15) is 0 Å². The first-order chi connectivity index (χ1) is 7.82. The maximum absolute atomic E-state index is 9.52. The molecule has 0 radical (unpaired) electrons. The van der Waals surface area contributed by atoms with Crippen molar-refractivity contribution in [1.82, 2.24) is 5.32 Å². The Labute approximate surface area is 105 Å². The molecule has 4 aliphatic carbocycles. The molecule has 0 aromatic rings. The van der Waals surface area contributed by atoms with Gasteiger partial charge in [0.1, 0.15) is 0 Å². The predicted molar refractivity (Wildman–Crippen MR) is 69.8 cm³/mol. The number of hydrogen-bond acceptors (Lipinski definition) is 2. The van der Waals surface area contributed by atoms with Gasteiger partial charge in [0, 0.05) is 12.1 Å². The van der Waals surface area contributed by atoms with E-state index in [0.29, 0.717) is 16.4 Å². The number of hydrogen-bond donors (Lipinski definition) is 2. The lowest BCUT2D eigenvalue weighted by Crippen LogP contribution is -2.64. The van der Waals surface area contributed by atoms with Crippen molar-refractivity contribution in [2.75, 3.05) is 6.54 Å². The van der Waals surface area contributed by atoms with Gasteiger partial charge in [-0.15, -0.1) is 0 Å². The predicted octanol–water partition coefficient (Wildman–Crippen LogP) is 2.71. The zero-order valence-corrected chi connectivity index (χ0v) is 11.6. The molecule has 4 fully saturated rings. The van der Waals surface area contributed by atoms with Gasteiger partial charge in [0.05, 0.1) is 6.10 Å². The second-order valence-electron chi connectivity index (χ2n) is 8.14. The third kappa shape index (κ3) is 2.04. The number of β-amino-alcohol motifs (C(OH)–C–C–N with tert-alkyl or cyclic N) is 1. The monoisotopic (exact) mass is 237 g/mol. The lowest BCUT2D eigenvalue weighted by atomic mass is 9.43. The fourth-order valence-corrected chi connectivity index (χ4v) is 6.01. The van der Waals surface area contributed by atoms with Gasteiger partial charge in [-0.05, 0) is 62.2 Å². The van der Waals surface area contributed by atoms with Crippen LogP contribution in [-0.2, 0) is 0 Å². The average molecular weight is 237 g/mol. The highest BCUT2D eigenvalue weighted by molar-refractivity contribution is 5.14. The zero-order valence-electron chi connectivity index (χ0n) is 11.6. The third-order valence-corrected chi connectivity index (χ3v) is 5.40. The minimum atomic E-state index is -0.219. The Kier molecular flexibility index (Phi) is 2.45. The molecule has 0 aromatic heterocycles. The van der Waals surface area contributed by atoms with E-state index >= 15 is 0 Å². The van der Waals surface area contributed by atoms with Gasteiger partial charge in [0.15, 0.2) is 0 Å². The van der Waals surface area contributed by atoms with E-state index in [0.717, 1.165) is 12.5 Å². The molecule has 0 heterocycles. The second kappa shape index (κ2) is 3.48. The molecular formula is C15H27NO. The Balaban J connectivity index is 1.82. The highest BCUT2D eigenvalue weighted by Crippen LogP contribution is 2.66. The van der Waals surface area contributed by atoms with Crippen LogP contribution in [0, 0.1) is 16.7 Å². The van der Waals surface area contributed by atoms with Crippen molar-refractivity contribution in [2.45, 2.75) is 70.9 Å². The van der Waals surface area contributed by atoms with Gasteiger partial charge in [-0.25, -0.2) is 0 Å². The summed E-state index contributed by atoms with van der Waals surface area (Å²) < 4.78 is 0. The summed E-state index contributed by atoms with van der Waals surface area (Å²) >= 11 is 0. The third-order valence-electron chi connectivity index (χ3n) is 5.40. The molecule has 4 aliphatic rings. The summed E-state index contributed by atoms with van der Waals surface area (Å²) in [4.78, 5) is 0. The van der Waals surface area contributed by atoms with Crippen LogP contribution in [0.4, 0.5) is 0 Å². The molecule has 0 amide bonds. The van der Waals surface area contributed by atoms with Crippen molar-refractivity contribution in [3.8, 4) is 0 Å². The zero-order chi connectivity index (χ0) is 12.3. The summed E-state index contributed by atoms with van der Waals surface area (Å²) in [5.74, 6) is 0.933. The second-order valence-corrected chi connectivity index (χ2v) is 8.14. The van der Waals surface area contributed by atoms with Crippen LogP contribution in [0.2, 0.25) is 0 Å². The van der Waals surface area contributed by atoms with Crippen LogP contribution in [-0.4, -0.2) is 23.3 Å². The van der Waals surface area contributed by atoms with E-state index in [2.05, 4.69) is 19.2 Å². The van der Waals surface area contributed by atoms with E-state index < -0.39 is 0 Å². The van der Waals surface area contributed by atoms with Gasteiger partial charge in [0.25, 0.3) is 0 Å². The Hall–Kier alpha value is -0.0800. The molecule has 2 N–H and O–H groups in total. The molecular weight excluding hydrogens is 210 g/mol. The quantitative estimate of drug-likeness (QED) is 0.791. The van der Waals surface area contributed by atoms with Gasteiger partial charge in [0.2, 0.25) is 0 Å². The van der Waals surface area contributed by atoms with Crippen LogP contribution in [0.3, 0.4) is 0 Å². The Bertz CT molecular complexity index is 307. The molecule has 2 heteroatoms. The van der Waals surface area contributed by atoms with Crippen LogP contribution in [0.1, 0.15) is 59.3 Å². The van der Waals surface area contributed by atoms with E-state index in [1.165, 1.54) is 38.5 Å². The molecule has 4 saturated carbocycles. The largest absolute Gasteiger partial charge is 0.392 e. The van der Waals surface area contributed by atoms with Crippen LogP contribution in [0.15, 0.2) is 0 Å². The van der Waals surface area contributed by atoms with Crippen molar-refractivity contribution >= 4 is 0 Å². The minimum Gasteiger partial charge on any atom is -0.392 e. The van der Waals surface area contributed by atoms with E-state index in [1.54, 1.807) is 0 Å². The van der Waals surface area contributed by atoms with Gasteiger partial charge in [-0.1, -0.05) is 13.8 Å². The Morgan fingerprint density at radius 2 is 1.71 bits per heavy atom. The van der Waals surface area contributed by atoms with Crippen LogP contribution < -0.4 is 5.32 Å². The SMILES string of the molecule is CC(O)CNC12CC3CC(C)(CC(C)(C3)C1)C2. The molecule has 2 nitrogen and oxygen atoms in total. The topological polar surface area (TPSA) is 32.3 Å². The number of aliphatic hydroxyl groups is 1. The molecule has 98 valence electrons.